The van der Waals surface area contributed by atoms with E-state index in [4.69, 9.17) is 10.7 Å². The Bertz CT molecular complexity index is 970. The first-order valence-electron chi connectivity index (χ1n) is 12.4. The molecule has 1 saturated heterocycles. The predicted octanol–water partition coefficient (Wildman–Crippen LogP) is 4.23. The maximum absolute atomic E-state index is 13.4. The van der Waals surface area contributed by atoms with E-state index in [0.29, 0.717) is 12.1 Å². The van der Waals surface area contributed by atoms with E-state index in [1.165, 1.54) is 31.4 Å². The summed E-state index contributed by atoms with van der Waals surface area (Å²) in [6, 6.07) is 15.1. The molecule has 2 aliphatic rings. The first-order chi connectivity index (χ1) is 16.5. The van der Waals surface area contributed by atoms with Crippen LogP contribution in [0.25, 0.3) is 0 Å². The van der Waals surface area contributed by atoms with Crippen LogP contribution in [-0.2, 0) is 4.79 Å². The van der Waals surface area contributed by atoms with Gasteiger partial charge in [-0.3, -0.25) is 4.79 Å². The van der Waals surface area contributed by atoms with E-state index in [2.05, 4.69) is 22.5 Å². The number of hydrogen-bond donors (Lipinski definition) is 3. The third kappa shape index (κ3) is 6.56. The standard InChI is InChI=1S/C27H36FN5O/c1-19-18-33(16-15-30-19)27(31-23-5-3-2-4-6-23)32-24-13-9-21(10-14-24)25(17-26(29)34)20-7-11-22(28)12-8-20/h7-14,19,23,25,30H,2-6,15-18H2,1H3,(H2,29,34)(H,31,32)/t19-,25?/m0/s1. The van der Waals surface area contributed by atoms with Crippen molar-refractivity contribution in [2.24, 2.45) is 10.7 Å². The van der Waals surface area contributed by atoms with Crippen LogP contribution in [0.1, 0.15) is 62.5 Å². The van der Waals surface area contributed by atoms with E-state index in [-0.39, 0.29) is 24.1 Å². The highest BCUT2D eigenvalue weighted by molar-refractivity contribution is 5.94. The molecule has 0 spiro atoms. The summed E-state index contributed by atoms with van der Waals surface area (Å²) in [5, 5.41) is 7.08. The number of benzene rings is 2. The highest BCUT2D eigenvalue weighted by Gasteiger charge is 2.22. The summed E-state index contributed by atoms with van der Waals surface area (Å²) in [5.41, 5.74) is 8.32. The normalized spacial score (nSPS) is 20.7. The third-order valence-corrected chi connectivity index (χ3v) is 6.79. The SMILES string of the molecule is C[C@H]1CN(/C(=N\C2CCCCC2)Nc2ccc(C(CC(N)=O)c3ccc(F)cc3)cc2)CCN1. The molecule has 2 fully saturated rings. The van der Waals surface area contributed by atoms with Crippen molar-refractivity contribution >= 4 is 17.6 Å². The molecular weight excluding hydrogens is 429 g/mol. The molecule has 1 amide bonds. The maximum atomic E-state index is 13.4. The minimum atomic E-state index is -0.383. The van der Waals surface area contributed by atoms with E-state index in [0.717, 1.165) is 55.2 Å². The van der Waals surface area contributed by atoms with Crippen molar-refractivity contribution in [1.29, 1.82) is 0 Å². The van der Waals surface area contributed by atoms with Crippen molar-refractivity contribution in [2.75, 3.05) is 25.0 Å². The Morgan fingerprint density at radius 3 is 2.38 bits per heavy atom. The largest absolute Gasteiger partial charge is 0.370 e. The van der Waals surface area contributed by atoms with Crippen LogP contribution in [-0.4, -0.2) is 48.5 Å². The van der Waals surface area contributed by atoms with Crippen LogP contribution in [0, 0.1) is 5.82 Å². The van der Waals surface area contributed by atoms with Crippen LogP contribution in [0.3, 0.4) is 0 Å². The summed E-state index contributed by atoms with van der Waals surface area (Å²) in [5.74, 6) is 0.0520. The monoisotopic (exact) mass is 465 g/mol. The summed E-state index contributed by atoms with van der Waals surface area (Å²) in [6.45, 7) is 4.99. The van der Waals surface area contributed by atoms with Gasteiger partial charge in [-0.1, -0.05) is 43.5 Å². The van der Waals surface area contributed by atoms with Crippen molar-refractivity contribution < 1.29 is 9.18 Å². The van der Waals surface area contributed by atoms with Crippen LogP contribution in [0.2, 0.25) is 0 Å². The summed E-state index contributed by atoms with van der Waals surface area (Å²) < 4.78 is 13.4. The van der Waals surface area contributed by atoms with Gasteiger partial charge in [0.05, 0.1) is 6.04 Å². The topological polar surface area (TPSA) is 82.8 Å². The van der Waals surface area contributed by atoms with Gasteiger partial charge in [0.2, 0.25) is 5.91 Å². The number of carbonyl (C=O) groups excluding carboxylic acids is 1. The predicted molar refractivity (Wildman–Crippen MR) is 135 cm³/mol. The van der Waals surface area contributed by atoms with Crippen LogP contribution in [0.15, 0.2) is 53.5 Å². The van der Waals surface area contributed by atoms with Gasteiger partial charge in [0, 0.05) is 43.7 Å². The number of carbonyl (C=O) groups is 1. The number of hydrogen-bond acceptors (Lipinski definition) is 3. The summed E-state index contributed by atoms with van der Waals surface area (Å²) in [6.07, 6.45) is 6.28. The Balaban J connectivity index is 1.54. The van der Waals surface area contributed by atoms with Crippen molar-refractivity contribution in [3.05, 3.63) is 65.5 Å². The highest BCUT2D eigenvalue weighted by atomic mass is 19.1. The van der Waals surface area contributed by atoms with Crippen LogP contribution < -0.4 is 16.4 Å². The number of nitrogens with one attached hydrogen (secondary N) is 2. The fraction of sp³-hybridized carbons (Fsp3) is 0.481. The minimum absolute atomic E-state index is 0.172. The minimum Gasteiger partial charge on any atom is -0.370 e. The lowest BCUT2D eigenvalue weighted by Crippen LogP contribution is -2.53. The Hall–Kier alpha value is -2.93. The molecule has 182 valence electrons. The van der Waals surface area contributed by atoms with E-state index in [9.17, 15) is 9.18 Å². The molecule has 0 bridgehead atoms. The van der Waals surface area contributed by atoms with E-state index in [1.54, 1.807) is 12.1 Å². The second-order valence-corrected chi connectivity index (χ2v) is 9.57. The lowest BCUT2D eigenvalue weighted by atomic mass is 9.88. The number of amides is 1. The molecule has 1 heterocycles. The summed E-state index contributed by atoms with van der Waals surface area (Å²) in [7, 11) is 0. The van der Waals surface area contributed by atoms with Gasteiger partial charge in [-0.25, -0.2) is 9.38 Å². The number of nitrogens with two attached hydrogens (primary N) is 1. The molecule has 2 atom stereocenters. The fourth-order valence-corrected chi connectivity index (χ4v) is 4.95. The first-order valence-corrected chi connectivity index (χ1v) is 12.4. The number of halogens is 1. The van der Waals surface area contributed by atoms with Crippen LogP contribution in [0.4, 0.5) is 10.1 Å². The van der Waals surface area contributed by atoms with Crippen LogP contribution in [0.5, 0.6) is 0 Å². The zero-order valence-corrected chi connectivity index (χ0v) is 20.0. The van der Waals surface area contributed by atoms with E-state index >= 15 is 0 Å². The highest BCUT2D eigenvalue weighted by Crippen LogP contribution is 2.29. The summed E-state index contributed by atoms with van der Waals surface area (Å²) >= 11 is 0. The zero-order valence-electron chi connectivity index (χ0n) is 20.0. The van der Waals surface area contributed by atoms with E-state index < -0.39 is 0 Å². The number of guanidine groups is 1. The molecule has 1 unspecified atom stereocenters. The molecule has 7 heteroatoms. The van der Waals surface area contributed by atoms with E-state index in [1.807, 2.05) is 24.3 Å². The molecule has 2 aromatic carbocycles. The van der Waals surface area contributed by atoms with Crippen molar-refractivity contribution in [1.82, 2.24) is 10.2 Å². The maximum Gasteiger partial charge on any atom is 0.218 e. The van der Waals surface area contributed by atoms with Gasteiger partial charge in [-0.15, -0.1) is 0 Å². The molecule has 4 rings (SSSR count). The lowest BCUT2D eigenvalue weighted by molar-refractivity contribution is -0.118. The van der Waals surface area contributed by atoms with Gasteiger partial charge in [0.1, 0.15) is 5.82 Å². The van der Waals surface area contributed by atoms with Gasteiger partial charge in [0.15, 0.2) is 5.96 Å². The number of piperazine rings is 1. The zero-order chi connectivity index (χ0) is 23.9. The average molecular weight is 466 g/mol. The smallest absolute Gasteiger partial charge is 0.218 e. The van der Waals surface area contributed by atoms with Gasteiger partial charge in [0.25, 0.3) is 0 Å². The summed E-state index contributed by atoms with van der Waals surface area (Å²) in [4.78, 5) is 19.2. The lowest BCUT2D eigenvalue weighted by Gasteiger charge is -2.35. The van der Waals surface area contributed by atoms with Gasteiger partial charge < -0.3 is 21.3 Å². The molecule has 0 radical (unpaired) electrons. The molecule has 34 heavy (non-hydrogen) atoms. The van der Waals surface area contributed by atoms with Gasteiger partial charge in [-0.2, -0.15) is 0 Å². The van der Waals surface area contributed by atoms with Gasteiger partial charge in [-0.05, 0) is 55.2 Å². The Labute approximate surface area is 201 Å². The number of nitrogens with zero attached hydrogens (tertiary/aromatic N) is 2. The Morgan fingerprint density at radius 1 is 1.12 bits per heavy atom. The molecule has 0 aromatic heterocycles. The second kappa shape index (κ2) is 11.5. The Kier molecular flexibility index (Phi) is 8.16. The van der Waals surface area contributed by atoms with Crippen molar-refractivity contribution in [3.8, 4) is 0 Å². The fourth-order valence-electron chi connectivity index (χ4n) is 4.95. The Morgan fingerprint density at radius 2 is 1.76 bits per heavy atom. The van der Waals surface area contributed by atoms with Crippen molar-refractivity contribution in [2.45, 2.75) is 63.5 Å². The molecule has 4 N–H and O–H groups in total. The first kappa shape index (κ1) is 24.2. The molecule has 1 saturated carbocycles. The second-order valence-electron chi connectivity index (χ2n) is 9.57. The number of anilines is 1. The average Bonchev–Trinajstić information content (AvgIpc) is 2.84. The number of primary amides is 1. The van der Waals surface area contributed by atoms with Crippen LogP contribution >= 0.6 is 0 Å². The molecular formula is C27H36FN5O. The number of rotatable bonds is 6. The molecule has 1 aliphatic heterocycles. The number of aliphatic imine (C=N–C) groups is 1. The van der Waals surface area contributed by atoms with Gasteiger partial charge >= 0.3 is 0 Å². The third-order valence-electron chi connectivity index (χ3n) is 6.79. The molecule has 6 nitrogen and oxygen atoms in total. The molecule has 2 aromatic rings. The molecule has 1 aliphatic carbocycles. The van der Waals surface area contributed by atoms with Crippen molar-refractivity contribution in [3.63, 3.8) is 0 Å². The quantitative estimate of drug-likeness (QED) is 0.441.